The van der Waals surface area contributed by atoms with Crippen molar-refractivity contribution in [3.05, 3.63) is 44.8 Å². The van der Waals surface area contributed by atoms with E-state index in [4.69, 9.17) is 0 Å². The molecule has 7 heteroatoms. The van der Waals surface area contributed by atoms with Gasteiger partial charge in [0.25, 0.3) is 11.5 Å². The van der Waals surface area contributed by atoms with Crippen LogP contribution in [0.1, 0.15) is 29.0 Å². The molecule has 3 rings (SSSR count). The highest BCUT2D eigenvalue weighted by molar-refractivity contribution is 7.07. The number of likely N-dealkylation sites (tertiary alicyclic amines) is 1. The SMILES string of the molecule is Cc1ccc(=O)n(CC2CCN(C(=O)c3cscn3)CC2)n1. The molecule has 0 bridgehead atoms. The van der Waals surface area contributed by atoms with Crippen LogP contribution in [0.5, 0.6) is 0 Å². The zero-order valence-corrected chi connectivity index (χ0v) is 13.3. The molecular weight excluding hydrogens is 300 g/mol. The van der Waals surface area contributed by atoms with Gasteiger partial charge in [-0.25, -0.2) is 9.67 Å². The molecule has 0 unspecified atom stereocenters. The van der Waals surface area contributed by atoms with E-state index in [0.29, 0.717) is 31.2 Å². The predicted molar refractivity (Wildman–Crippen MR) is 84.0 cm³/mol. The molecule has 0 N–H and O–H groups in total. The largest absolute Gasteiger partial charge is 0.337 e. The quantitative estimate of drug-likeness (QED) is 0.861. The summed E-state index contributed by atoms with van der Waals surface area (Å²) in [5.41, 5.74) is 2.98. The summed E-state index contributed by atoms with van der Waals surface area (Å²) in [5.74, 6) is 0.386. The number of hydrogen-bond donors (Lipinski definition) is 0. The molecule has 3 heterocycles. The first-order valence-electron chi connectivity index (χ1n) is 7.36. The molecule has 1 saturated heterocycles. The van der Waals surface area contributed by atoms with Gasteiger partial charge in [-0.1, -0.05) is 0 Å². The lowest BCUT2D eigenvalue weighted by atomic mass is 9.96. The Hall–Kier alpha value is -2.02. The van der Waals surface area contributed by atoms with Gasteiger partial charge in [0, 0.05) is 31.1 Å². The minimum atomic E-state index is -0.0634. The fraction of sp³-hybridized carbons (Fsp3) is 0.467. The van der Waals surface area contributed by atoms with Crippen molar-refractivity contribution in [2.75, 3.05) is 13.1 Å². The van der Waals surface area contributed by atoms with Crippen LogP contribution in [-0.4, -0.2) is 38.7 Å². The van der Waals surface area contributed by atoms with Crippen LogP contribution >= 0.6 is 11.3 Å². The summed E-state index contributed by atoms with van der Waals surface area (Å²) in [5, 5.41) is 6.06. The number of aryl methyl sites for hydroxylation is 1. The standard InChI is InChI=1S/C15H18N4O2S/c1-11-2-3-14(20)19(17-11)8-12-4-6-18(7-5-12)15(21)13-9-22-10-16-13/h2-3,9-10,12H,4-8H2,1H3. The second-order valence-corrected chi connectivity index (χ2v) is 6.32. The summed E-state index contributed by atoms with van der Waals surface area (Å²) in [6.45, 7) is 3.92. The van der Waals surface area contributed by atoms with Crippen molar-refractivity contribution >= 4 is 17.2 Å². The van der Waals surface area contributed by atoms with Crippen LogP contribution in [0.15, 0.2) is 27.8 Å². The van der Waals surface area contributed by atoms with Crippen molar-refractivity contribution in [3.63, 3.8) is 0 Å². The fourth-order valence-corrected chi connectivity index (χ4v) is 3.25. The molecule has 2 aromatic rings. The number of thiazole rings is 1. The molecule has 0 saturated carbocycles. The number of carbonyl (C=O) groups excluding carboxylic acids is 1. The van der Waals surface area contributed by atoms with Crippen molar-refractivity contribution < 1.29 is 4.79 Å². The van der Waals surface area contributed by atoms with Crippen LogP contribution in [0, 0.1) is 12.8 Å². The zero-order chi connectivity index (χ0) is 15.5. The number of nitrogens with zero attached hydrogens (tertiary/aromatic N) is 4. The van der Waals surface area contributed by atoms with E-state index in [2.05, 4.69) is 10.1 Å². The van der Waals surface area contributed by atoms with Gasteiger partial charge in [-0.3, -0.25) is 9.59 Å². The number of aromatic nitrogens is 3. The maximum atomic E-state index is 12.2. The third-order valence-electron chi connectivity index (χ3n) is 3.98. The highest BCUT2D eigenvalue weighted by atomic mass is 32.1. The fourth-order valence-electron chi connectivity index (χ4n) is 2.73. The first-order valence-corrected chi connectivity index (χ1v) is 8.30. The molecule has 1 aliphatic rings. The van der Waals surface area contributed by atoms with Crippen LogP contribution in [0.3, 0.4) is 0 Å². The third kappa shape index (κ3) is 3.24. The van der Waals surface area contributed by atoms with Gasteiger partial charge in [-0.2, -0.15) is 5.10 Å². The minimum Gasteiger partial charge on any atom is -0.337 e. The Kier molecular flexibility index (Phi) is 4.33. The Morgan fingerprint density at radius 3 is 2.82 bits per heavy atom. The summed E-state index contributed by atoms with van der Waals surface area (Å²) in [6.07, 6.45) is 1.77. The lowest BCUT2D eigenvalue weighted by molar-refractivity contribution is 0.0675. The Labute approximate surface area is 132 Å². The van der Waals surface area contributed by atoms with Gasteiger partial charge in [0.05, 0.1) is 11.2 Å². The Bertz CT molecular complexity index is 703. The molecule has 0 atom stereocenters. The van der Waals surface area contributed by atoms with Crippen molar-refractivity contribution in [2.45, 2.75) is 26.3 Å². The molecule has 1 fully saturated rings. The molecule has 22 heavy (non-hydrogen) atoms. The Balaban J connectivity index is 1.59. The summed E-state index contributed by atoms with van der Waals surface area (Å²) in [4.78, 5) is 29.9. The van der Waals surface area contributed by atoms with E-state index in [1.807, 2.05) is 11.8 Å². The molecule has 1 aliphatic heterocycles. The summed E-state index contributed by atoms with van der Waals surface area (Å²) < 4.78 is 1.54. The maximum absolute atomic E-state index is 12.2. The molecule has 1 amide bonds. The van der Waals surface area contributed by atoms with Gasteiger partial charge in [-0.05, 0) is 31.7 Å². The van der Waals surface area contributed by atoms with Crippen LogP contribution in [0.4, 0.5) is 0 Å². The van der Waals surface area contributed by atoms with Gasteiger partial charge in [0.2, 0.25) is 0 Å². The van der Waals surface area contributed by atoms with Crippen molar-refractivity contribution in [1.82, 2.24) is 19.7 Å². The molecule has 0 spiro atoms. The zero-order valence-electron chi connectivity index (χ0n) is 12.4. The number of rotatable bonds is 3. The van der Waals surface area contributed by atoms with E-state index < -0.39 is 0 Å². The van der Waals surface area contributed by atoms with E-state index >= 15 is 0 Å². The van der Waals surface area contributed by atoms with E-state index in [1.54, 1.807) is 23.0 Å². The first kappa shape index (κ1) is 14.9. The number of hydrogen-bond acceptors (Lipinski definition) is 5. The average molecular weight is 318 g/mol. The summed E-state index contributed by atoms with van der Waals surface area (Å²) in [6, 6.07) is 3.29. The van der Waals surface area contributed by atoms with Crippen LogP contribution in [0.25, 0.3) is 0 Å². The highest BCUT2D eigenvalue weighted by Gasteiger charge is 2.25. The van der Waals surface area contributed by atoms with Crippen molar-refractivity contribution in [3.8, 4) is 0 Å². The summed E-state index contributed by atoms with van der Waals surface area (Å²) >= 11 is 1.43. The molecule has 0 aliphatic carbocycles. The van der Waals surface area contributed by atoms with Crippen molar-refractivity contribution in [2.24, 2.45) is 5.92 Å². The predicted octanol–water partition coefficient (Wildman–Crippen LogP) is 1.56. The molecule has 116 valence electrons. The lowest BCUT2D eigenvalue weighted by Gasteiger charge is -2.31. The van der Waals surface area contributed by atoms with Crippen molar-refractivity contribution in [1.29, 1.82) is 0 Å². The van der Waals surface area contributed by atoms with Gasteiger partial charge in [-0.15, -0.1) is 11.3 Å². The van der Waals surface area contributed by atoms with Crippen LogP contribution in [0.2, 0.25) is 0 Å². The monoisotopic (exact) mass is 318 g/mol. The molecule has 0 aromatic carbocycles. The van der Waals surface area contributed by atoms with Gasteiger partial charge >= 0.3 is 0 Å². The molecular formula is C15H18N4O2S. The lowest BCUT2D eigenvalue weighted by Crippen LogP contribution is -2.40. The smallest absolute Gasteiger partial charge is 0.273 e. The van der Waals surface area contributed by atoms with E-state index in [1.165, 1.54) is 16.0 Å². The van der Waals surface area contributed by atoms with E-state index in [0.717, 1.165) is 18.5 Å². The Morgan fingerprint density at radius 1 is 1.36 bits per heavy atom. The van der Waals surface area contributed by atoms with Crippen LogP contribution in [-0.2, 0) is 6.54 Å². The average Bonchev–Trinajstić information content (AvgIpc) is 3.05. The van der Waals surface area contributed by atoms with E-state index in [-0.39, 0.29) is 11.5 Å². The minimum absolute atomic E-state index is 0.00514. The highest BCUT2D eigenvalue weighted by Crippen LogP contribution is 2.20. The Morgan fingerprint density at radius 2 is 2.14 bits per heavy atom. The number of amides is 1. The van der Waals surface area contributed by atoms with Gasteiger partial charge < -0.3 is 4.90 Å². The second-order valence-electron chi connectivity index (χ2n) is 5.60. The van der Waals surface area contributed by atoms with Gasteiger partial charge in [0.15, 0.2) is 0 Å². The molecule has 0 radical (unpaired) electrons. The molecule has 6 nitrogen and oxygen atoms in total. The third-order valence-corrected chi connectivity index (χ3v) is 4.57. The molecule has 2 aromatic heterocycles. The number of carbonyl (C=O) groups is 1. The normalized spacial score (nSPS) is 16.0. The van der Waals surface area contributed by atoms with Gasteiger partial charge in [0.1, 0.15) is 5.69 Å². The summed E-state index contributed by atoms with van der Waals surface area (Å²) in [7, 11) is 0. The van der Waals surface area contributed by atoms with E-state index in [9.17, 15) is 9.59 Å². The maximum Gasteiger partial charge on any atom is 0.273 e. The second kappa shape index (κ2) is 6.39. The number of piperidine rings is 1. The first-order chi connectivity index (χ1) is 10.6. The topological polar surface area (TPSA) is 68.1 Å². The van der Waals surface area contributed by atoms with Crippen LogP contribution < -0.4 is 5.56 Å².